The minimum atomic E-state index is -0.130. The Kier molecular flexibility index (Phi) is 4.52. The van der Waals surface area contributed by atoms with Crippen molar-refractivity contribution in [3.63, 3.8) is 0 Å². The van der Waals surface area contributed by atoms with Gasteiger partial charge in [0.2, 0.25) is 5.56 Å². The highest BCUT2D eigenvalue weighted by Gasteiger charge is 2.16. The second-order valence-corrected chi connectivity index (χ2v) is 6.11. The second-order valence-electron chi connectivity index (χ2n) is 6.11. The third kappa shape index (κ3) is 5.18. The fourth-order valence-electron chi connectivity index (χ4n) is 2.36. The molecule has 1 rings (SSSR count). The fourth-order valence-corrected chi connectivity index (χ4v) is 2.36. The lowest BCUT2D eigenvalue weighted by molar-refractivity contribution is 0.281. The van der Waals surface area contributed by atoms with E-state index in [0.717, 1.165) is 18.5 Å². The van der Waals surface area contributed by atoms with Gasteiger partial charge in [0.05, 0.1) is 6.61 Å². The van der Waals surface area contributed by atoms with Crippen LogP contribution in [0.3, 0.4) is 0 Å². The number of aliphatic hydroxyl groups excluding tert-OH is 1. The van der Waals surface area contributed by atoms with Crippen LogP contribution in [0.1, 0.15) is 45.4 Å². The lowest BCUT2D eigenvalue weighted by Gasteiger charge is -2.23. The standard InChI is InChI=1S/C14H23NO2/c1-10(8-14(2,3)4)5-12-6-11(9-16)7-13(17)15-12/h6-7,10,16H,5,8-9H2,1-4H3,(H,15,17). The Morgan fingerprint density at radius 2 is 2.00 bits per heavy atom. The molecule has 0 bridgehead atoms. The predicted molar refractivity (Wildman–Crippen MR) is 69.9 cm³/mol. The summed E-state index contributed by atoms with van der Waals surface area (Å²) >= 11 is 0. The molecule has 2 N–H and O–H groups in total. The van der Waals surface area contributed by atoms with Crippen molar-refractivity contribution < 1.29 is 5.11 Å². The van der Waals surface area contributed by atoms with Gasteiger partial charge in [-0.05, 0) is 35.8 Å². The largest absolute Gasteiger partial charge is 0.392 e. The highest BCUT2D eigenvalue weighted by atomic mass is 16.3. The van der Waals surface area contributed by atoms with Crippen LogP contribution >= 0.6 is 0 Å². The number of hydrogen-bond acceptors (Lipinski definition) is 2. The average molecular weight is 237 g/mol. The van der Waals surface area contributed by atoms with E-state index in [9.17, 15) is 4.79 Å². The Balaban J connectivity index is 2.74. The van der Waals surface area contributed by atoms with Crippen LogP contribution in [0, 0.1) is 11.3 Å². The summed E-state index contributed by atoms with van der Waals surface area (Å²) in [5, 5.41) is 9.05. The van der Waals surface area contributed by atoms with E-state index in [-0.39, 0.29) is 12.2 Å². The molecule has 0 spiro atoms. The summed E-state index contributed by atoms with van der Waals surface area (Å²) in [6.07, 6.45) is 1.96. The summed E-state index contributed by atoms with van der Waals surface area (Å²) in [4.78, 5) is 14.2. The lowest BCUT2D eigenvalue weighted by atomic mass is 9.83. The van der Waals surface area contributed by atoms with Gasteiger partial charge in [-0.1, -0.05) is 27.7 Å². The third-order valence-electron chi connectivity index (χ3n) is 2.67. The quantitative estimate of drug-likeness (QED) is 0.845. The van der Waals surface area contributed by atoms with E-state index in [1.165, 1.54) is 6.07 Å². The SMILES string of the molecule is CC(Cc1cc(CO)cc(=O)[nH]1)CC(C)(C)C. The zero-order valence-electron chi connectivity index (χ0n) is 11.2. The van der Waals surface area contributed by atoms with E-state index in [1.807, 2.05) is 6.07 Å². The highest BCUT2D eigenvalue weighted by Crippen LogP contribution is 2.25. The van der Waals surface area contributed by atoms with Gasteiger partial charge in [0.1, 0.15) is 0 Å². The molecule has 3 nitrogen and oxygen atoms in total. The van der Waals surface area contributed by atoms with E-state index in [2.05, 4.69) is 32.7 Å². The number of aromatic nitrogens is 1. The molecular formula is C14H23NO2. The molecular weight excluding hydrogens is 214 g/mol. The van der Waals surface area contributed by atoms with Crippen molar-refractivity contribution in [2.45, 2.75) is 47.1 Å². The van der Waals surface area contributed by atoms with E-state index in [4.69, 9.17) is 5.11 Å². The highest BCUT2D eigenvalue weighted by molar-refractivity contribution is 5.16. The second kappa shape index (κ2) is 5.50. The van der Waals surface area contributed by atoms with Gasteiger partial charge in [0.15, 0.2) is 0 Å². The minimum absolute atomic E-state index is 0.0788. The van der Waals surface area contributed by atoms with Crippen molar-refractivity contribution in [2.24, 2.45) is 11.3 Å². The summed E-state index contributed by atoms with van der Waals surface area (Å²) < 4.78 is 0. The molecule has 0 saturated heterocycles. The molecule has 0 radical (unpaired) electrons. The number of H-pyrrole nitrogens is 1. The molecule has 0 amide bonds. The number of hydrogen-bond donors (Lipinski definition) is 2. The fraction of sp³-hybridized carbons (Fsp3) is 0.643. The number of aromatic amines is 1. The Morgan fingerprint density at radius 1 is 1.35 bits per heavy atom. The monoisotopic (exact) mass is 237 g/mol. The van der Waals surface area contributed by atoms with Gasteiger partial charge in [-0.15, -0.1) is 0 Å². The Bertz CT molecular complexity index is 415. The van der Waals surface area contributed by atoms with Gasteiger partial charge >= 0.3 is 0 Å². The molecule has 1 atom stereocenters. The van der Waals surface area contributed by atoms with Crippen LogP contribution in [-0.2, 0) is 13.0 Å². The summed E-state index contributed by atoms with van der Waals surface area (Å²) in [6.45, 7) is 8.77. The van der Waals surface area contributed by atoms with E-state index in [1.54, 1.807) is 0 Å². The number of aliphatic hydroxyl groups is 1. The van der Waals surface area contributed by atoms with Crippen LogP contribution in [0.2, 0.25) is 0 Å². The third-order valence-corrected chi connectivity index (χ3v) is 2.67. The van der Waals surface area contributed by atoms with E-state index >= 15 is 0 Å². The van der Waals surface area contributed by atoms with Crippen LogP contribution in [0.5, 0.6) is 0 Å². The first-order chi connectivity index (χ1) is 7.80. The first-order valence-electron chi connectivity index (χ1n) is 6.13. The summed E-state index contributed by atoms with van der Waals surface area (Å²) in [5.74, 6) is 0.514. The lowest BCUT2D eigenvalue weighted by Crippen LogP contribution is -2.16. The topological polar surface area (TPSA) is 53.1 Å². The molecule has 0 fully saturated rings. The number of nitrogens with one attached hydrogen (secondary N) is 1. The first-order valence-corrected chi connectivity index (χ1v) is 6.13. The summed E-state index contributed by atoms with van der Waals surface area (Å²) in [7, 11) is 0. The van der Waals surface area contributed by atoms with Crippen molar-refractivity contribution in [1.82, 2.24) is 4.98 Å². The smallest absolute Gasteiger partial charge is 0.248 e. The van der Waals surface area contributed by atoms with Gasteiger partial charge in [-0.3, -0.25) is 4.79 Å². The normalized spacial score (nSPS) is 13.7. The zero-order valence-corrected chi connectivity index (χ0v) is 11.2. The first kappa shape index (κ1) is 14.0. The van der Waals surface area contributed by atoms with Crippen LogP contribution in [0.15, 0.2) is 16.9 Å². The van der Waals surface area contributed by atoms with Gasteiger partial charge in [0.25, 0.3) is 0 Å². The predicted octanol–water partition coefficient (Wildman–Crippen LogP) is 2.48. The Labute approximate surface area is 103 Å². The molecule has 1 unspecified atom stereocenters. The van der Waals surface area contributed by atoms with Crippen molar-refractivity contribution >= 4 is 0 Å². The summed E-state index contributed by atoms with van der Waals surface area (Å²) in [6, 6.07) is 3.32. The van der Waals surface area contributed by atoms with Crippen LogP contribution < -0.4 is 5.56 Å². The molecule has 96 valence electrons. The average Bonchev–Trinajstić information content (AvgIpc) is 2.13. The summed E-state index contributed by atoms with van der Waals surface area (Å²) in [5.41, 5.74) is 1.77. The van der Waals surface area contributed by atoms with Crippen molar-refractivity contribution in [1.29, 1.82) is 0 Å². The van der Waals surface area contributed by atoms with Crippen molar-refractivity contribution in [3.05, 3.63) is 33.7 Å². The van der Waals surface area contributed by atoms with Crippen molar-refractivity contribution in [2.75, 3.05) is 0 Å². The van der Waals surface area contributed by atoms with E-state index in [0.29, 0.717) is 16.9 Å². The van der Waals surface area contributed by atoms with Crippen LogP contribution in [0.25, 0.3) is 0 Å². The molecule has 0 saturated carbocycles. The molecule has 0 aliphatic rings. The van der Waals surface area contributed by atoms with E-state index < -0.39 is 0 Å². The molecule has 17 heavy (non-hydrogen) atoms. The van der Waals surface area contributed by atoms with Crippen LogP contribution in [0.4, 0.5) is 0 Å². The molecule has 3 heteroatoms. The molecule has 0 aliphatic carbocycles. The zero-order chi connectivity index (χ0) is 13.1. The van der Waals surface area contributed by atoms with Crippen molar-refractivity contribution in [3.8, 4) is 0 Å². The minimum Gasteiger partial charge on any atom is -0.392 e. The maximum Gasteiger partial charge on any atom is 0.248 e. The molecule has 1 aromatic heterocycles. The molecule has 0 aromatic carbocycles. The van der Waals surface area contributed by atoms with Crippen LogP contribution in [-0.4, -0.2) is 10.1 Å². The van der Waals surface area contributed by atoms with Gasteiger partial charge in [0, 0.05) is 11.8 Å². The molecule has 0 aliphatic heterocycles. The Hall–Kier alpha value is -1.09. The maximum absolute atomic E-state index is 11.4. The number of rotatable bonds is 4. The van der Waals surface area contributed by atoms with Gasteiger partial charge in [-0.25, -0.2) is 0 Å². The van der Waals surface area contributed by atoms with Gasteiger partial charge in [-0.2, -0.15) is 0 Å². The maximum atomic E-state index is 11.4. The molecule has 1 heterocycles. The number of pyridine rings is 1. The van der Waals surface area contributed by atoms with Gasteiger partial charge < -0.3 is 10.1 Å². The molecule has 1 aromatic rings. The Morgan fingerprint density at radius 3 is 2.53 bits per heavy atom.